The normalized spacial score (nSPS) is 13.9. The summed E-state index contributed by atoms with van der Waals surface area (Å²) < 4.78 is 18.1. The van der Waals surface area contributed by atoms with Gasteiger partial charge >= 0.3 is 0 Å². The van der Waals surface area contributed by atoms with Crippen molar-refractivity contribution in [1.82, 2.24) is 4.98 Å². The van der Waals surface area contributed by atoms with E-state index in [1.165, 1.54) is 19.2 Å². The van der Waals surface area contributed by atoms with E-state index in [-0.39, 0.29) is 0 Å². The molecule has 19 heavy (non-hydrogen) atoms. The van der Waals surface area contributed by atoms with Crippen LogP contribution >= 0.6 is 11.6 Å². The summed E-state index contributed by atoms with van der Waals surface area (Å²) in [6.45, 7) is 1.56. The second-order valence-corrected chi connectivity index (χ2v) is 4.71. The van der Waals surface area contributed by atoms with Crippen LogP contribution in [-0.4, -0.2) is 17.2 Å². The average Bonchev–Trinajstić information content (AvgIpc) is 2.39. The number of hydrogen-bond acceptors (Lipinski definition) is 3. The Morgan fingerprint density at radius 2 is 2.05 bits per heavy atom. The molecule has 1 unspecified atom stereocenters. The fourth-order valence-corrected chi connectivity index (χ4v) is 2.03. The van der Waals surface area contributed by atoms with Gasteiger partial charge in [0.1, 0.15) is 17.2 Å². The molecule has 0 bridgehead atoms. The molecule has 3 nitrogen and oxygen atoms in total. The first-order chi connectivity index (χ1) is 8.95. The first-order valence-corrected chi connectivity index (χ1v) is 6.01. The highest BCUT2D eigenvalue weighted by molar-refractivity contribution is 6.30. The Morgan fingerprint density at radius 3 is 2.63 bits per heavy atom. The minimum Gasteiger partial charge on any atom is -0.496 e. The molecular weight excluding hydrogens is 269 g/mol. The fraction of sp³-hybridized carbons (Fsp3) is 0.214. The summed E-state index contributed by atoms with van der Waals surface area (Å²) >= 11 is 5.95. The molecule has 1 aromatic carbocycles. The second kappa shape index (κ2) is 5.15. The third-order valence-electron chi connectivity index (χ3n) is 2.91. The third kappa shape index (κ3) is 2.69. The number of hydrogen-bond donors (Lipinski definition) is 1. The minimum atomic E-state index is -1.43. The standard InChI is InChI=1S/C14H13ClFNO2/c1-14(18,13-6-4-10(16)8-17-13)11-7-9(15)3-5-12(11)19-2/h3-8,18H,1-2H3. The van der Waals surface area contributed by atoms with Gasteiger partial charge in [0.25, 0.3) is 0 Å². The van der Waals surface area contributed by atoms with Gasteiger partial charge in [-0.05, 0) is 37.3 Å². The number of benzene rings is 1. The van der Waals surface area contributed by atoms with Gasteiger partial charge in [-0.25, -0.2) is 4.39 Å². The maximum Gasteiger partial charge on any atom is 0.141 e. The van der Waals surface area contributed by atoms with Crippen molar-refractivity contribution in [2.45, 2.75) is 12.5 Å². The van der Waals surface area contributed by atoms with Crippen molar-refractivity contribution in [2.24, 2.45) is 0 Å². The van der Waals surface area contributed by atoms with E-state index in [0.717, 1.165) is 6.20 Å². The number of ether oxygens (including phenoxy) is 1. The van der Waals surface area contributed by atoms with Crippen molar-refractivity contribution >= 4 is 11.6 Å². The summed E-state index contributed by atoms with van der Waals surface area (Å²) in [5.41, 5.74) is -0.639. The lowest BCUT2D eigenvalue weighted by Gasteiger charge is -2.25. The van der Waals surface area contributed by atoms with Gasteiger partial charge in [0.15, 0.2) is 0 Å². The number of rotatable bonds is 3. The summed E-state index contributed by atoms with van der Waals surface area (Å²) in [7, 11) is 1.50. The van der Waals surface area contributed by atoms with Crippen molar-refractivity contribution in [3.05, 3.63) is 58.6 Å². The van der Waals surface area contributed by atoms with Crippen molar-refractivity contribution in [1.29, 1.82) is 0 Å². The Hall–Kier alpha value is -1.65. The summed E-state index contributed by atoms with van der Waals surface area (Å²) in [6, 6.07) is 7.60. The molecule has 0 spiro atoms. The van der Waals surface area contributed by atoms with Gasteiger partial charge in [-0.1, -0.05) is 11.6 Å². The molecule has 2 aromatic rings. The molecule has 0 saturated carbocycles. The third-order valence-corrected chi connectivity index (χ3v) is 3.15. The highest BCUT2D eigenvalue weighted by Gasteiger charge is 2.30. The molecule has 1 aromatic heterocycles. The fourth-order valence-electron chi connectivity index (χ4n) is 1.86. The summed E-state index contributed by atoms with van der Waals surface area (Å²) in [6.07, 6.45) is 1.06. The van der Waals surface area contributed by atoms with Gasteiger partial charge in [0.05, 0.1) is 19.0 Å². The molecule has 100 valence electrons. The number of pyridine rings is 1. The van der Waals surface area contributed by atoms with E-state index in [9.17, 15) is 9.50 Å². The second-order valence-electron chi connectivity index (χ2n) is 4.28. The van der Waals surface area contributed by atoms with Crippen LogP contribution in [-0.2, 0) is 5.60 Å². The van der Waals surface area contributed by atoms with E-state index in [0.29, 0.717) is 22.0 Å². The summed E-state index contributed by atoms with van der Waals surface area (Å²) in [5.74, 6) is 0.0261. The smallest absolute Gasteiger partial charge is 0.141 e. The number of nitrogens with zero attached hydrogens (tertiary/aromatic N) is 1. The van der Waals surface area contributed by atoms with E-state index >= 15 is 0 Å². The van der Waals surface area contributed by atoms with Gasteiger partial charge in [-0.15, -0.1) is 0 Å². The number of aromatic nitrogens is 1. The Labute approximate surface area is 115 Å². The maximum absolute atomic E-state index is 12.9. The SMILES string of the molecule is COc1ccc(Cl)cc1C(C)(O)c1ccc(F)cn1. The summed E-state index contributed by atoms with van der Waals surface area (Å²) in [4.78, 5) is 3.91. The van der Waals surface area contributed by atoms with E-state index < -0.39 is 11.4 Å². The average molecular weight is 282 g/mol. The van der Waals surface area contributed by atoms with Crippen LogP contribution in [0, 0.1) is 5.82 Å². The Morgan fingerprint density at radius 1 is 1.32 bits per heavy atom. The van der Waals surface area contributed by atoms with E-state index in [1.807, 2.05) is 0 Å². The van der Waals surface area contributed by atoms with Crippen molar-refractivity contribution in [2.75, 3.05) is 7.11 Å². The molecule has 0 fully saturated rings. The van der Waals surface area contributed by atoms with E-state index in [2.05, 4.69) is 4.98 Å². The monoisotopic (exact) mass is 281 g/mol. The van der Waals surface area contributed by atoms with Crippen LogP contribution in [0.1, 0.15) is 18.2 Å². The maximum atomic E-state index is 12.9. The molecule has 0 saturated heterocycles. The van der Waals surface area contributed by atoms with E-state index in [4.69, 9.17) is 16.3 Å². The minimum absolute atomic E-state index is 0.314. The largest absolute Gasteiger partial charge is 0.496 e. The molecule has 0 radical (unpaired) electrons. The van der Waals surface area contributed by atoms with Crippen LogP contribution in [0.25, 0.3) is 0 Å². The summed E-state index contributed by atoms with van der Waals surface area (Å²) in [5, 5.41) is 11.1. The van der Waals surface area contributed by atoms with Crippen LogP contribution in [0.15, 0.2) is 36.5 Å². The number of methoxy groups -OCH3 is 1. The van der Waals surface area contributed by atoms with Crippen LogP contribution in [0.2, 0.25) is 5.02 Å². The van der Waals surface area contributed by atoms with E-state index in [1.54, 1.807) is 25.1 Å². The lowest BCUT2D eigenvalue weighted by atomic mass is 9.91. The molecule has 1 N–H and O–H groups in total. The molecule has 1 atom stereocenters. The zero-order chi connectivity index (χ0) is 14.0. The van der Waals surface area contributed by atoms with Gasteiger partial charge in [-0.2, -0.15) is 0 Å². The topological polar surface area (TPSA) is 42.4 Å². The predicted molar refractivity (Wildman–Crippen MR) is 70.9 cm³/mol. The number of halogens is 2. The van der Waals surface area contributed by atoms with Gasteiger partial charge in [0.2, 0.25) is 0 Å². The first kappa shape index (κ1) is 13.8. The Kier molecular flexibility index (Phi) is 3.73. The zero-order valence-corrected chi connectivity index (χ0v) is 11.3. The molecule has 0 aliphatic heterocycles. The number of aliphatic hydroxyl groups is 1. The van der Waals surface area contributed by atoms with Crippen LogP contribution in [0.5, 0.6) is 5.75 Å². The van der Waals surface area contributed by atoms with Gasteiger partial charge in [-0.3, -0.25) is 4.98 Å². The molecular formula is C14H13ClFNO2. The molecule has 0 aliphatic carbocycles. The van der Waals surface area contributed by atoms with Crippen molar-refractivity contribution < 1.29 is 14.2 Å². The Balaban J connectivity index is 2.55. The van der Waals surface area contributed by atoms with Gasteiger partial charge in [0, 0.05) is 10.6 Å². The van der Waals surface area contributed by atoms with Crippen LogP contribution < -0.4 is 4.74 Å². The lowest BCUT2D eigenvalue weighted by Crippen LogP contribution is -2.25. The predicted octanol–water partition coefficient (Wildman–Crippen LogP) is 3.14. The molecule has 5 heteroatoms. The van der Waals surface area contributed by atoms with Gasteiger partial charge < -0.3 is 9.84 Å². The lowest BCUT2D eigenvalue weighted by molar-refractivity contribution is 0.0941. The van der Waals surface area contributed by atoms with Crippen molar-refractivity contribution in [3.8, 4) is 5.75 Å². The highest BCUT2D eigenvalue weighted by atomic mass is 35.5. The molecule has 2 rings (SSSR count). The highest BCUT2D eigenvalue weighted by Crippen LogP contribution is 2.36. The van der Waals surface area contributed by atoms with Crippen LogP contribution in [0.4, 0.5) is 4.39 Å². The van der Waals surface area contributed by atoms with Crippen molar-refractivity contribution in [3.63, 3.8) is 0 Å². The van der Waals surface area contributed by atoms with Crippen LogP contribution in [0.3, 0.4) is 0 Å². The molecule has 0 amide bonds. The quantitative estimate of drug-likeness (QED) is 0.940. The zero-order valence-electron chi connectivity index (χ0n) is 10.5. The Bertz CT molecular complexity index is 584. The molecule has 1 heterocycles. The first-order valence-electron chi connectivity index (χ1n) is 5.63. The molecule has 0 aliphatic rings.